The van der Waals surface area contributed by atoms with Gasteiger partial charge in [0.1, 0.15) is 0 Å². The van der Waals surface area contributed by atoms with Crippen LogP contribution in [0.4, 0.5) is 13.2 Å². The molecule has 2 rings (SSSR count). The molecule has 2 nitrogen and oxygen atoms in total. The van der Waals surface area contributed by atoms with Crippen LogP contribution in [0.5, 0.6) is 0 Å². The van der Waals surface area contributed by atoms with Crippen molar-refractivity contribution in [3.05, 3.63) is 0 Å². The molecule has 112 valence electrons. The first-order chi connectivity index (χ1) is 8.62. The number of likely N-dealkylation sites (tertiary alicyclic amines) is 1. The van der Waals surface area contributed by atoms with E-state index in [4.69, 9.17) is 0 Å². The van der Waals surface area contributed by atoms with E-state index in [1.165, 1.54) is 0 Å². The number of nitrogens with one attached hydrogen (secondary N) is 1. The Bertz CT molecular complexity index is 319. The van der Waals surface area contributed by atoms with E-state index in [1.54, 1.807) is 13.8 Å². The van der Waals surface area contributed by atoms with Crippen LogP contribution in [-0.4, -0.2) is 43.8 Å². The molecular formula is C14H25F3N2. The van der Waals surface area contributed by atoms with Gasteiger partial charge in [-0.15, -0.1) is 0 Å². The fraction of sp³-hybridized carbons (Fsp3) is 1.00. The number of nitrogens with zero attached hydrogens (tertiary/aromatic N) is 1. The molecule has 0 aromatic carbocycles. The van der Waals surface area contributed by atoms with Gasteiger partial charge in [-0.1, -0.05) is 20.8 Å². The van der Waals surface area contributed by atoms with Crippen LogP contribution in [0.1, 0.15) is 33.6 Å². The molecule has 2 unspecified atom stereocenters. The minimum absolute atomic E-state index is 0.223. The number of piperidine rings is 1. The van der Waals surface area contributed by atoms with Crippen molar-refractivity contribution in [3.8, 4) is 0 Å². The zero-order chi connectivity index (χ0) is 14.3. The maximum absolute atomic E-state index is 13.0. The summed E-state index contributed by atoms with van der Waals surface area (Å²) in [6.45, 7) is 9.78. The van der Waals surface area contributed by atoms with Crippen LogP contribution in [0.2, 0.25) is 0 Å². The van der Waals surface area contributed by atoms with E-state index in [2.05, 4.69) is 17.1 Å². The Labute approximate surface area is 113 Å². The second-order valence-corrected chi connectivity index (χ2v) is 7.32. The molecule has 0 amide bonds. The first kappa shape index (κ1) is 15.1. The quantitative estimate of drug-likeness (QED) is 0.835. The molecule has 19 heavy (non-hydrogen) atoms. The van der Waals surface area contributed by atoms with E-state index in [0.717, 1.165) is 26.1 Å². The maximum atomic E-state index is 13.0. The third kappa shape index (κ3) is 3.43. The third-order valence-electron chi connectivity index (χ3n) is 4.77. The van der Waals surface area contributed by atoms with Crippen molar-refractivity contribution < 1.29 is 13.2 Å². The molecule has 2 saturated heterocycles. The van der Waals surface area contributed by atoms with Gasteiger partial charge in [-0.3, -0.25) is 0 Å². The number of hydrogen-bond acceptors (Lipinski definition) is 2. The molecule has 0 aliphatic carbocycles. The van der Waals surface area contributed by atoms with Crippen molar-refractivity contribution in [1.82, 2.24) is 10.2 Å². The van der Waals surface area contributed by atoms with E-state index < -0.39 is 17.5 Å². The monoisotopic (exact) mass is 278 g/mol. The summed E-state index contributed by atoms with van der Waals surface area (Å²) in [4.78, 5) is 2.23. The van der Waals surface area contributed by atoms with Crippen LogP contribution < -0.4 is 5.32 Å². The zero-order valence-corrected chi connectivity index (χ0v) is 12.1. The summed E-state index contributed by atoms with van der Waals surface area (Å²) in [5, 5.41) is 3.35. The number of rotatable bonds is 2. The lowest BCUT2D eigenvalue weighted by molar-refractivity contribution is -0.217. The highest BCUT2D eigenvalue weighted by Crippen LogP contribution is 2.45. The molecule has 2 atom stereocenters. The Balaban J connectivity index is 1.98. The van der Waals surface area contributed by atoms with Crippen molar-refractivity contribution in [2.45, 2.75) is 39.8 Å². The smallest absolute Gasteiger partial charge is 0.316 e. The van der Waals surface area contributed by atoms with Crippen molar-refractivity contribution >= 4 is 0 Å². The highest BCUT2D eigenvalue weighted by Gasteiger charge is 2.51. The van der Waals surface area contributed by atoms with Gasteiger partial charge in [0.15, 0.2) is 0 Å². The summed E-state index contributed by atoms with van der Waals surface area (Å²) in [5.41, 5.74) is -0.458. The van der Waals surface area contributed by atoms with Gasteiger partial charge in [0.25, 0.3) is 0 Å². The average molecular weight is 278 g/mol. The SMILES string of the molecule is CC1(CN2CCC(C(F)(F)F)C(C)(C)C2)CCNC1. The van der Waals surface area contributed by atoms with Gasteiger partial charge in [-0.25, -0.2) is 0 Å². The van der Waals surface area contributed by atoms with Gasteiger partial charge >= 0.3 is 6.18 Å². The van der Waals surface area contributed by atoms with Gasteiger partial charge in [-0.2, -0.15) is 13.2 Å². The molecule has 0 spiro atoms. The van der Waals surface area contributed by atoms with Crippen LogP contribution in [0.25, 0.3) is 0 Å². The van der Waals surface area contributed by atoms with Crippen molar-refractivity contribution in [2.24, 2.45) is 16.7 Å². The van der Waals surface area contributed by atoms with E-state index in [9.17, 15) is 13.2 Å². The summed E-state index contributed by atoms with van der Waals surface area (Å²) in [6, 6.07) is 0. The summed E-state index contributed by atoms with van der Waals surface area (Å²) in [5.74, 6) is -1.16. The summed E-state index contributed by atoms with van der Waals surface area (Å²) >= 11 is 0. The maximum Gasteiger partial charge on any atom is 0.392 e. The predicted molar refractivity (Wildman–Crippen MR) is 70.0 cm³/mol. The molecule has 0 aromatic heterocycles. The van der Waals surface area contributed by atoms with Crippen LogP contribution >= 0.6 is 0 Å². The Morgan fingerprint density at radius 2 is 1.95 bits per heavy atom. The largest absolute Gasteiger partial charge is 0.392 e. The Kier molecular flexibility index (Phi) is 3.91. The third-order valence-corrected chi connectivity index (χ3v) is 4.77. The fourth-order valence-corrected chi connectivity index (χ4v) is 3.75. The first-order valence-electron chi connectivity index (χ1n) is 7.12. The van der Waals surface area contributed by atoms with Gasteiger partial charge in [0.2, 0.25) is 0 Å². The fourth-order valence-electron chi connectivity index (χ4n) is 3.75. The molecule has 0 bridgehead atoms. The second kappa shape index (κ2) is 4.92. The summed E-state index contributed by atoms with van der Waals surface area (Å²) in [7, 11) is 0. The second-order valence-electron chi connectivity index (χ2n) is 7.32. The summed E-state index contributed by atoms with van der Waals surface area (Å²) in [6.07, 6.45) is -2.71. The standard InChI is InChI=1S/C14H25F3N2/c1-12(2)9-19(7-4-11(12)14(15,16)17)10-13(3)5-6-18-8-13/h11,18H,4-10H2,1-3H3. The molecule has 2 heterocycles. The normalized spacial score (nSPS) is 36.6. The number of hydrogen-bond donors (Lipinski definition) is 1. The lowest BCUT2D eigenvalue weighted by atomic mass is 9.73. The highest BCUT2D eigenvalue weighted by molar-refractivity contribution is 4.94. The average Bonchev–Trinajstić information content (AvgIpc) is 2.60. The van der Waals surface area contributed by atoms with Crippen LogP contribution in [0, 0.1) is 16.7 Å². The molecule has 2 aliphatic rings. The zero-order valence-electron chi connectivity index (χ0n) is 12.1. The Morgan fingerprint density at radius 1 is 1.26 bits per heavy atom. The molecular weight excluding hydrogens is 253 g/mol. The first-order valence-corrected chi connectivity index (χ1v) is 7.12. The molecule has 0 aromatic rings. The molecule has 2 fully saturated rings. The van der Waals surface area contributed by atoms with E-state index in [1.807, 2.05) is 0 Å². The van der Waals surface area contributed by atoms with Crippen LogP contribution in [0.3, 0.4) is 0 Å². The van der Waals surface area contributed by atoms with Crippen molar-refractivity contribution in [3.63, 3.8) is 0 Å². The van der Waals surface area contributed by atoms with E-state index in [-0.39, 0.29) is 11.8 Å². The molecule has 0 saturated carbocycles. The van der Waals surface area contributed by atoms with Gasteiger partial charge < -0.3 is 10.2 Å². The van der Waals surface area contributed by atoms with Crippen molar-refractivity contribution in [1.29, 1.82) is 0 Å². The van der Waals surface area contributed by atoms with Crippen molar-refractivity contribution in [2.75, 3.05) is 32.7 Å². The molecule has 0 radical (unpaired) electrons. The molecule has 2 aliphatic heterocycles. The van der Waals surface area contributed by atoms with Gasteiger partial charge in [0.05, 0.1) is 5.92 Å². The van der Waals surface area contributed by atoms with Crippen LogP contribution in [0.15, 0.2) is 0 Å². The minimum Gasteiger partial charge on any atom is -0.316 e. The highest BCUT2D eigenvalue weighted by atomic mass is 19.4. The molecule has 5 heteroatoms. The lowest BCUT2D eigenvalue weighted by Gasteiger charge is -2.46. The lowest BCUT2D eigenvalue weighted by Crippen LogP contribution is -2.52. The van der Waals surface area contributed by atoms with Gasteiger partial charge in [-0.05, 0) is 36.8 Å². The van der Waals surface area contributed by atoms with Gasteiger partial charge in [0, 0.05) is 19.6 Å². The van der Waals surface area contributed by atoms with E-state index >= 15 is 0 Å². The Hall–Kier alpha value is -0.290. The molecule has 1 N–H and O–H groups in total. The summed E-state index contributed by atoms with van der Waals surface area (Å²) < 4.78 is 39.0. The number of alkyl halides is 3. The predicted octanol–water partition coefficient (Wildman–Crippen LogP) is 2.90. The van der Waals surface area contributed by atoms with Crippen LogP contribution in [-0.2, 0) is 0 Å². The topological polar surface area (TPSA) is 15.3 Å². The van der Waals surface area contributed by atoms with E-state index in [0.29, 0.717) is 13.1 Å². The number of halogens is 3. The minimum atomic E-state index is -4.06. The Morgan fingerprint density at radius 3 is 2.42 bits per heavy atom.